The van der Waals surface area contributed by atoms with Gasteiger partial charge >= 0.3 is 0 Å². The second-order valence-electron chi connectivity index (χ2n) is 8.41. The van der Waals surface area contributed by atoms with Gasteiger partial charge in [-0.1, -0.05) is 11.6 Å². The molecule has 0 spiro atoms. The third kappa shape index (κ3) is 5.69. The number of aliphatic hydroxyl groups is 1. The summed E-state index contributed by atoms with van der Waals surface area (Å²) < 4.78 is 15.7. The zero-order chi connectivity index (χ0) is 24.3. The Labute approximate surface area is 195 Å². The SMILES string of the molecule is CC(C)Nc1c(C(=O)NC[C@@H](F)C(C)(C)O)cnn2cc(Nc3ncc(C#N)cc3Cl)cc12. The van der Waals surface area contributed by atoms with Crippen LogP contribution in [0.15, 0.2) is 30.7 Å². The molecule has 0 saturated carbocycles. The molecule has 0 saturated heterocycles. The number of fused-ring (bicyclic) bond motifs is 1. The van der Waals surface area contributed by atoms with Crippen molar-refractivity contribution in [3.8, 4) is 6.07 Å². The number of alkyl halides is 1. The van der Waals surface area contributed by atoms with Gasteiger partial charge in [0, 0.05) is 12.2 Å². The van der Waals surface area contributed by atoms with Gasteiger partial charge in [0.15, 0.2) is 0 Å². The van der Waals surface area contributed by atoms with Crippen LogP contribution in [0.5, 0.6) is 0 Å². The summed E-state index contributed by atoms with van der Waals surface area (Å²) in [5, 5.41) is 32.2. The van der Waals surface area contributed by atoms with Gasteiger partial charge in [0.2, 0.25) is 0 Å². The minimum absolute atomic E-state index is 0.00556. The predicted molar refractivity (Wildman–Crippen MR) is 125 cm³/mol. The van der Waals surface area contributed by atoms with E-state index in [0.29, 0.717) is 28.3 Å². The lowest BCUT2D eigenvalue weighted by atomic mass is 10.0. The zero-order valence-electron chi connectivity index (χ0n) is 18.6. The average molecular weight is 474 g/mol. The van der Waals surface area contributed by atoms with Gasteiger partial charge < -0.3 is 21.1 Å². The third-order valence-electron chi connectivity index (χ3n) is 4.76. The number of carbonyl (C=O) groups is 1. The van der Waals surface area contributed by atoms with Crippen LogP contribution in [0.3, 0.4) is 0 Å². The summed E-state index contributed by atoms with van der Waals surface area (Å²) in [6.45, 7) is 6.19. The van der Waals surface area contributed by atoms with E-state index >= 15 is 0 Å². The van der Waals surface area contributed by atoms with Gasteiger partial charge in [0.05, 0.1) is 57.6 Å². The second kappa shape index (κ2) is 9.60. The quantitative estimate of drug-likeness (QED) is 0.393. The van der Waals surface area contributed by atoms with E-state index in [2.05, 4.69) is 26.0 Å². The van der Waals surface area contributed by atoms with E-state index in [4.69, 9.17) is 16.9 Å². The molecule has 33 heavy (non-hydrogen) atoms. The Morgan fingerprint density at radius 3 is 2.70 bits per heavy atom. The molecule has 9 nitrogen and oxygen atoms in total. The Hall–Kier alpha value is -3.42. The van der Waals surface area contributed by atoms with Gasteiger partial charge in [0.1, 0.15) is 18.1 Å². The lowest BCUT2D eigenvalue weighted by molar-refractivity contribution is -0.00177. The normalized spacial score (nSPS) is 12.5. The van der Waals surface area contributed by atoms with Gasteiger partial charge in [-0.25, -0.2) is 13.9 Å². The van der Waals surface area contributed by atoms with Gasteiger partial charge in [0.25, 0.3) is 5.91 Å². The summed E-state index contributed by atoms with van der Waals surface area (Å²) in [6.07, 6.45) is 2.86. The smallest absolute Gasteiger partial charge is 0.255 e. The maximum Gasteiger partial charge on any atom is 0.255 e. The first-order valence-corrected chi connectivity index (χ1v) is 10.6. The number of halogens is 2. The molecule has 11 heteroatoms. The lowest BCUT2D eigenvalue weighted by Gasteiger charge is -2.23. The van der Waals surface area contributed by atoms with E-state index in [1.165, 1.54) is 32.3 Å². The highest BCUT2D eigenvalue weighted by atomic mass is 35.5. The number of aromatic nitrogens is 3. The highest BCUT2D eigenvalue weighted by Crippen LogP contribution is 2.29. The fourth-order valence-electron chi connectivity index (χ4n) is 2.99. The van der Waals surface area contributed by atoms with Crippen molar-refractivity contribution in [3.05, 3.63) is 46.9 Å². The second-order valence-corrected chi connectivity index (χ2v) is 8.82. The topological polar surface area (TPSA) is 127 Å². The third-order valence-corrected chi connectivity index (χ3v) is 5.04. The Morgan fingerprint density at radius 1 is 1.36 bits per heavy atom. The predicted octanol–water partition coefficient (Wildman–Crippen LogP) is 3.66. The summed E-state index contributed by atoms with van der Waals surface area (Å²) >= 11 is 6.20. The molecule has 1 amide bonds. The van der Waals surface area contributed by atoms with E-state index in [1.54, 1.807) is 16.8 Å². The minimum atomic E-state index is -1.63. The van der Waals surface area contributed by atoms with Crippen LogP contribution < -0.4 is 16.0 Å². The van der Waals surface area contributed by atoms with E-state index in [-0.39, 0.29) is 23.2 Å². The lowest BCUT2D eigenvalue weighted by Crippen LogP contribution is -2.42. The van der Waals surface area contributed by atoms with Crippen LogP contribution in [0.25, 0.3) is 5.52 Å². The van der Waals surface area contributed by atoms with Crippen molar-refractivity contribution in [2.75, 3.05) is 17.2 Å². The molecule has 0 aliphatic rings. The molecule has 0 aliphatic carbocycles. The van der Waals surface area contributed by atoms with Crippen LogP contribution in [-0.2, 0) is 0 Å². The first kappa shape index (κ1) is 24.2. The molecule has 0 aromatic carbocycles. The van der Waals surface area contributed by atoms with Gasteiger partial charge in [-0.3, -0.25) is 4.79 Å². The number of carbonyl (C=O) groups excluding carboxylic acids is 1. The average Bonchev–Trinajstić information content (AvgIpc) is 3.15. The molecule has 3 heterocycles. The Bertz CT molecular complexity index is 1210. The Morgan fingerprint density at radius 2 is 2.09 bits per heavy atom. The number of amides is 1. The van der Waals surface area contributed by atoms with Crippen LogP contribution in [0.1, 0.15) is 43.6 Å². The fourth-order valence-corrected chi connectivity index (χ4v) is 3.21. The molecule has 0 aliphatic heterocycles. The number of nitriles is 1. The molecule has 174 valence electrons. The first-order valence-electron chi connectivity index (χ1n) is 10.2. The van der Waals surface area contributed by atoms with Crippen molar-refractivity contribution in [2.45, 2.75) is 45.5 Å². The van der Waals surface area contributed by atoms with E-state index in [0.717, 1.165) is 0 Å². The summed E-state index contributed by atoms with van der Waals surface area (Å²) in [4.78, 5) is 17.0. The number of anilines is 3. The highest BCUT2D eigenvalue weighted by molar-refractivity contribution is 6.33. The summed E-state index contributed by atoms with van der Waals surface area (Å²) in [7, 11) is 0. The molecule has 3 aromatic rings. The number of nitrogens with one attached hydrogen (secondary N) is 3. The van der Waals surface area contributed by atoms with Crippen molar-refractivity contribution in [1.82, 2.24) is 19.9 Å². The molecule has 0 radical (unpaired) electrons. The van der Waals surface area contributed by atoms with Gasteiger partial charge in [-0.05, 0) is 39.8 Å². The van der Waals surface area contributed by atoms with Gasteiger partial charge in [-0.15, -0.1) is 0 Å². The molecule has 3 rings (SSSR count). The number of hydrogen-bond donors (Lipinski definition) is 4. The molecule has 1 atom stereocenters. The van der Waals surface area contributed by atoms with Crippen LogP contribution in [-0.4, -0.2) is 50.0 Å². The Balaban J connectivity index is 1.93. The molecule has 0 unspecified atom stereocenters. The fraction of sp³-hybridized carbons (Fsp3) is 0.364. The van der Waals surface area contributed by atoms with Crippen molar-refractivity contribution in [3.63, 3.8) is 0 Å². The maximum absolute atomic E-state index is 14.1. The molecule has 0 bridgehead atoms. The van der Waals surface area contributed by atoms with E-state index in [1.807, 2.05) is 19.9 Å². The van der Waals surface area contributed by atoms with Crippen LogP contribution in [0.2, 0.25) is 5.02 Å². The first-order chi connectivity index (χ1) is 15.5. The van der Waals surface area contributed by atoms with Crippen LogP contribution in [0.4, 0.5) is 21.6 Å². The summed E-state index contributed by atoms with van der Waals surface area (Å²) in [5.74, 6) is -0.156. The van der Waals surface area contributed by atoms with E-state index < -0.39 is 17.7 Å². The van der Waals surface area contributed by atoms with Gasteiger partial charge in [-0.2, -0.15) is 10.4 Å². The minimum Gasteiger partial charge on any atom is -0.387 e. The molecule has 4 N–H and O–H groups in total. The molecule has 3 aromatic heterocycles. The molecular formula is C22H25ClFN7O2. The molecular weight excluding hydrogens is 449 g/mol. The van der Waals surface area contributed by atoms with Crippen LogP contribution >= 0.6 is 11.6 Å². The zero-order valence-corrected chi connectivity index (χ0v) is 19.4. The largest absolute Gasteiger partial charge is 0.387 e. The van der Waals surface area contributed by atoms with E-state index in [9.17, 15) is 14.3 Å². The number of nitrogens with zero attached hydrogens (tertiary/aromatic N) is 4. The number of rotatable bonds is 8. The summed E-state index contributed by atoms with van der Waals surface area (Å²) in [6, 6.07) is 5.24. The maximum atomic E-state index is 14.1. The van der Waals surface area contributed by atoms with Crippen molar-refractivity contribution in [1.29, 1.82) is 5.26 Å². The van der Waals surface area contributed by atoms with Crippen molar-refractivity contribution >= 4 is 40.2 Å². The Kier molecular flexibility index (Phi) is 7.05. The van der Waals surface area contributed by atoms with Crippen molar-refractivity contribution < 1.29 is 14.3 Å². The number of hydrogen-bond acceptors (Lipinski definition) is 7. The van der Waals surface area contributed by atoms with Crippen molar-refractivity contribution in [2.24, 2.45) is 0 Å². The highest BCUT2D eigenvalue weighted by Gasteiger charge is 2.27. The monoisotopic (exact) mass is 473 g/mol. The standard InChI is InChI=1S/C22H25ClFN7O2/c1-12(2)29-19-15(21(32)27-10-18(24)22(3,4)33)9-28-31-11-14(6-17(19)31)30-20-16(23)5-13(7-25)8-26-20/h5-6,8-9,11-12,18,29,33H,10H2,1-4H3,(H,26,30)(H,27,32)/t18-/m1/s1. The molecule has 0 fully saturated rings. The summed E-state index contributed by atoms with van der Waals surface area (Å²) in [5.41, 5.74) is 0.728. The number of pyridine rings is 1. The van der Waals surface area contributed by atoms with Crippen LogP contribution in [0, 0.1) is 11.3 Å².